The summed E-state index contributed by atoms with van der Waals surface area (Å²) < 4.78 is 0. The summed E-state index contributed by atoms with van der Waals surface area (Å²) in [5.41, 5.74) is 0.795. The van der Waals surface area contributed by atoms with Crippen LogP contribution in [0.5, 0.6) is 0 Å². The van der Waals surface area contributed by atoms with E-state index in [1.165, 1.54) is 11.8 Å². The van der Waals surface area contributed by atoms with Crippen molar-refractivity contribution in [1.29, 1.82) is 0 Å². The summed E-state index contributed by atoms with van der Waals surface area (Å²) in [6.45, 7) is 0.268. The van der Waals surface area contributed by atoms with Crippen LogP contribution < -0.4 is 10.2 Å². The van der Waals surface area contributed by atoms with Gasteiger partial charge in [0.2, 0.25) is 11.8 Å². The Morgan fingerprint density at radius 3 is 2.79 bits per heavy atom. The number of amides is 2. The standard InChI is InChI=1S/C17H20N2O4S/c20-14(18-17(16(22)23)8-10-24-11-17)7-9-19-13-4-2-1-3-12(13)5-6-15(19)21/h1-4H,5-11H2,(H,18,20)(H,22,23). The van der Waals surface area contributed by atoms with E-state index < -0.39 is 11.5 Å². The lowest BCUT2D eigenvalue weighted by atomic mass is 9.98. The van der Waals surface area contributed by atoms with Gasteiger partial charge in [-0.15, -0.1) is 0 Å². The second kappa shape index (κ2) is 6.84. The fourth-order valence-corrected chi connectivity index (χ4v) is 4.50. The molecule has 2 heterocycles. The van der Waals surface area contributed by atoms with Crippen LogP contribution in [0.1, 0.15) is 24.8 Å². The number of nitrogens with one attached hydrogen (secondary N) is 1. The molecule has 3 rings (SSSR count). The van der Waals surface area contributed by atoms with Crippen LogP contribution >= 0.6 is 11.8 Å². The number of para-hydroxylation sites is 1. The molecule has 24 heavy (non-hydrogen) atoms. The molecule has 1 aromatic carbocycles. The van der Waals surface area contributed by atoms with E-state index in [1.807, 2.05) is 24.3 Å². The maximum absolute atomic E-state index is 12.2. The molecule has 2 N–H and O–H groups in total. The largest absolute Gasteiger partial charge is 0.479 e. The number of carbonyl (C=O) groups is 3. The van der Waals surface area contributed by atoms with Gasteiger partial charge in [0.15, 0.2) is 0 Å². The van der Waals surface area contributed by atoms with Crippen molar-refractivity contribution in [2.45, 2.75) is 31.2 Å². The number of anilines is 1. The van der Waals surface area contributed by atoms with Crippen LogP contribution in [0.25, 0.3) is 0 Å². The number of carboxylic acids is 1. The van der Waals surface area contributed by atoms with Crippen molar-refractivity contribution in [2.24, 2.45) is 0 Å². The monoisotopic (exact) mass is 348 g/mol. The van der Waals surface area contributed by atoms with Crippen molar-refractivity contribution in [2.75, 3.05) is 23.0 Å². The molecule has 1 atom stereocenters. The lowest BCUT2D eigenvalue weighted by Gasteiger charge is -2.30. The minimum atomic E-state index is -1.16. The number of benzene rings is 1. The van der Waals surface area contributed by atoms with Crippen molar-refractivity contribution in [1.82, 2.24) is 5.32 Å². The Bertz CT molecular complexity index is 670. The summed E-state index contributed by atoms with van der Waals surface area (Å²) in [7, 11) is 0. The summed E-state index contributed by atoms with van der Waals surface area (Å²) in [4.78, 5) is 37.6. The summed E-state index contributed by atoms with van der Waals surface area (Å²) in [5.74, 6) is -0.189. The number of fused-ring (bicyclic) bond motifs is 1. The van der Waals surface area contributed by atoms with E-state index in [0.717, 1.165) is 23.4 Å². The van der Waals surface area contributed by atoms with E-state index in [1.54, 1.807) is 4.90 Å². The molecule has 7 heteroatoms. The Hall–Kier alpha value is -2.02. The number of hydrogen-bond acceptors (Lipinski definition) is 4. The van der Waals surface area contributed by atoms with Crippen LogP contribution in [-0.2, 0) is 20.8 Å². The molecule has 128 valence electrons. The number of hydrogen-bond donors (Lipinski definition) is 2. The average molecular weight is 348 g/mol. The van der Waals surface area contributed by atoms with E-state index in [0.29, 0.717) is 18.6 Å². The van der Waals surface area contributed by atoms with Gasteiger partial charge in [0.25, 0.3) is 0 Å². The molecule has 1 saturated heterocycles. The number of aryl methyl sites for hydroxylation is 1. The Kier molecular flexibility index (Phi) is 4.80. The van der Waals surface area contributed by atoms with E-state index in [2.05, 4.69) is 5.32 Å². The van der Waals surface area contributed by atoms with Gasteiger partial charge in [-0.1, -0.05) is 18.2 Å². The summed E-state index contributed by atoms with van der Waals surface area (Å²) in [6, 6.07) is 7.69. The SMILES string of the molecule is O=C(CCN1C(=O)CCc2ccccc21)NC1(C(=O)O)CCSC1. The van der Waals surface area contributed by atoms with Gasteiger partial charge in [0, 0.05) is 30.8 Å². The smallest absolute Gasteiger partial charge is 0.330 e. The summed E-state index contributed by atoms with van der Waals surface area (Å²) in [5, 5.41) is 12.1. The first-order valence-corrected chi connectivity index (χ1v) is 9.18. The first kappa shape index (κ1) is 16.8. The number of carbonyl (C=O) groups excluding carboxylic acids is 2. The summed E-state index contributed by atoms with van der Waals surface area (Å²) >= 11 is 1.53. The predicted octanol–water partition coefficient (Wildman–Crippen LogP) is 1.43. The molecule has 2 aliphatic rings. The van der Waals surface area contributed by atoms with Gasteiger partial charge in [-0.3, -0.25) is 9.59 Å². The van der Waals surface area contributed by atoms with E-state index in [4.69, 9.17) is 0 Å². The Labute approximate surface area is 144 Å². The molecule has 2 amide bonds. The van der Waals surface area contributed by atoms with E-state index in [-0.39, 0.29) is 24.8 Å². The number of rotatable bonds is 5. The molecule has 0 aromatic heterocycles. The average Bonchev–Trinajstić information content (AvgIpc) is 3.04. The molecular weight excluding hydrogens is 328 g/mol. The van der Waals surface area contributed by atoms with E-state index in [9.17, 15) is 19.5 Å². The van der Waals surface area contributed by atoms with E-state index >= 15 is 0 Å². The van der Waals surface area contributed by atoms with Gasteiger partial charge in [-0.05, 0) is 30.2 Å². The molecule has 1 fully saturated rings. The highest BCUT2D eigenvalue weighted by Crippen LogP contribution is 2.29. The minimum absolute atomic E-state index is 0.00543. The molecule has 2 aliphatic heterocycles. The molecule has 6 nitrogen and oxygen atoms in total. The molecule has 1 aromatic rings. The van der Waals surface area contributed by atoms with Crippen molar-refractivity contribution in [3.8, 4) is 0 Å². The van der Waals surface area contributed by atoms with Crippen LogP contribution in [0.2, 0.25) is 0 Å². The zero-order valence-electron chi connectivity index (χ0n) is 13.3. The quantitative estimate of drug-likeness (QED) is 0.841. The third-order valence-corrected chi connectivity index (χ3v) is 5.75. The molecule has 0 spiro atoms. The Balaban J connectivity index is 1.64. The van der Waals surface area contributed by atoms with Crippen LogP contribution in [0, 0.1) is 0 Å². The van der Waals surface area contributed by atoms with Gasteiger partial charge >= 0.3 is 5.97 Å². The van der Waals surface area contributed by atoms with Crippen LogP contribution in [0.4, 0.5) is 5.69 Å². The normalized spacial score (nSPS) is 23.0. The first-order chi connectivity index (χ1) is 11.5. The minimum Gasteiger partial charge on any atom is -0.479 e. The predicted molar refractivity (Wildman–Crippen MR) is 92.2 cm³/mol. The highest BCUT2D eigenvalue weighted by Gasteiger charge is 2.43. The van der Waals surface area contributed by atoms with Crippen molar-refractivity contribution < 1.29 is 19.5 Å². The van der Waals surface area contributed by atoms with Crippen molar-refractivity contribution in [3.05, 3.63) is 29.8 Å². The number of thioether (sulfide) groups is 1. The summed E-state index contributed by atoms with van der Waals surface area (Å²) in [6.07, 6.45) is 1.69. The first-order valence-electron chi connectivity index (χ1n) is 8.02. The number of nitrogens with zero attached hydrogens (tertiary/aromatic N) is 1. The van der Waals surface area contributed by atoms with Crippen LogP contribution in [0.15, 0.2) is 24.3 Å². The van der Waals surface area contributed by atoms with Gasteiger partial charge in [-0.25, -0.2) is 4.79 Å². The highest BCUT2D eigenvalue weighted by molar-refractivity contribution is 7.99. The highest BCUT2D eigenvalue weighted by atomic mass is 32.2. The lowest BCUT2D eigenvalue weighted by molar-refractivity contribution is -0.146. The number of carboxylic acid groups (broad SMARTS) is 1. The maximum atomic E-state index is 12.2. The van der Waals surface area contributed by atoms with Crippen molar-refractivity contribution in [3.63, 3.8) is 0 Å². The van der Waals surface area contributed by atoms with Gasteiger partial charge in [0.1, 0.15) is 5.54 Å². The van der Waals surface area contributed by atoms with Crippen LogP contribution in [0.3, 0.4) is 0 Å². The van der Waals surface area contributed by atoms with Gasteiger partial charge < -0.3 is 15.3 Å². The zero-order chi connectivity index (χ0) is 17.2. The molecule has 0 radical (unpaired) electrons. The Morgan fingerprint density at radius 1 is 1.29 bits per heavy atom. The Morgan fingerprint density at radius 2 is 2.08 bits per heavy atom. The topological polar surface area (TPSA) is 86.7 Å². The van der Waals surface area contributed by atoms with Gasteiger partial charge in [-0.2, -0.15) is 11.8 Å². The third-order valence-electron chi connectivity index (χ3n) is 4.56. The fraction of sp³-hybridized carbons (Fsp3) is 0.471. The molecule has 0 saturated carbocycles. The molecule has 1 unspecified atom stereocenters. The molecular formula is C17H20N2O4S. The van der Waals surface area contributed by atoms with Crippen LogP contribution in [-0.4, -0.2) is 46.5 Å². The second-order valence-electron chi connectivity index (χ2n) is 6.16. The van der Waals surface area contributed by atoms with Gasteiger partial charge in [0.05, 0.1) is 0 Å². The molecule has 0 bridgehead atoms. The lowest BCUT2D eigenvalue weighted by Crippen LogP contribution is -2.55. The molecule has 0 aliphatic carbocycles. The zero-order valence-corrected chi connectivity index (χ0v) is 14.1. The maximum Gasteiger partial charge on any atom is 0.330 e. The van der Waals surface area contributed by atoms with Crippen molar-refractivity contribution >= 4 is 35.2 Å². The fourth-order valence-electron chi connectivity index (χ4n) is 3.17. The third kappa shape index (κ3) is 3.26. The number of aliphatic carboxylic acids is 1. The second-order valence-corrected chi connectivity index (χ2v) is 7.27.